The van der Waals surface area contributed by atoms with Gasteiger partial charge in [-0.15, -0.1) is 0 Å². The van der Waals surface area contributed by atoms with Crippen molar-refractivity contribution in [2.45, 2.75) is 149 Å². The number of hydrazine groups is 1. The van der Waals surface area contributed by atoms with Gasteiger partial charge < -0.3 is 55.9 Å². The van der Waals surface area contributed by atoms with Crippen LogP contribution < -0.4 is 27.5 Å². The summed E-state index contributed by atoms with van der Waals surface area (Å²) in [6.45, 7) is 15.2. The summed E-state index contributed by atoms with van der Waals surface area (Å²) in [5.41, 5.74) is 7.26. The molecule has 1 aromatic rings. The second kappa shape index (κ2) is 24.8. The van der Waals surface area contributed by atoms with E-state index in [4.69, 9.17) is 30.5 Å². The van der Waals surface area contributed by atoms with Crippen molar-refractivity contribution in [1.82, 2.24) is 20.5 Å². The summed E-state index contributed by atoms with van der Waals surface area (Å²) in [6, 6.07) is 2.27. The number of aliphatic carboxylic acids is 1. The van der Waals surface area contributed by atoms with E-state index in [-0.39, 0.29) is 56.7 Å². The van der Waals surface area contributed by atoms with Crippen LogP contribution in [0.5, 0.6) is 0 Å². The molecule has 362 valence electrons. The van der Waals surface area contributed by atoms with Crippen LogP contribution in [0.2, 0.25) is 0 Å². The number of benzene rings is 1. The minimum atomic E-state index is -1.46. The van der Waals surface area contributed by atoms with Crippen molar-refractivity contribution in [3.05, 3.63) is 53.4 Å². The molecule has 0 spiro atoms. The first kappa shape index (κ1) is 53.9. The second-order valence-corrected chi connectivity index (χ2v) is 18.1. The Balaban J connectivity index is 1.65. The largest absolute Gasteiger partial charge is 0.479 e. The van der Waals surface area contributed by atoms with Gasteiger partial charge in [0.2, 0.25) is 17.7 Å². The molecule has 5 atom stereocenters. The van der Waals surface area contributed by atoms with Crippen LogP contribution in [0.4, 0.5) is 5.69 Å². The Morgan fingerprint density at radius 2 is 1.68 bits per heavy atom. The number of carboxylic acids is 1. The van der Waals surface area contributed by atoms with E-state index >= 15 is 0 Å². The van der Waals surface area contributed by atoms with Gasteiger partial charge in [-0.1, -0.05) is 26.8 Å². The SMILES string of the molecule is CCC(=O)OCc1ccc(NC(=O)CNC(=O)C(NC(=O)C(C/C(N)=C/N(N)CCOC(C)(C)CCOC(C)(C)C)N2C(=O)C=CC2=O)C(C)C)cc1CCC1CC(O)CC(C(=O)O)O1. The number of imide groups is 1. The number of carboxylic acid groups (broad SMARTS) is 1. The van der Waals surface area contributed by atoms with Crippen molar-refractivity contribution in [2.75, 3.05) is 31.6 Å². The number of hydrogen-bond donors (Lipinski definition) is 7. The molecule has 0 bridgehead atoms. The van der Waals surface area contributed by atoms with Crippen LogP contribution in [0.15, 0.2) is 42.2 Å². The molecule has 2 heterocycles. The number of rotatable bonds is 25. The predicted octanol–water partition coefficient (Wildman–Crippen LogP) is 1.92. The third-order valence-corrected chi connectivity index (χ3v) is 10.5. The van der Waals surface area contributed by atoms with Gasteiger partial charge in [0.15, 0.2) is 6.10 Å². The van der Waals surface area contributed by atoms with Gasteiger partial charge in [-0.25, -0.2) is 10.6 Å². The van der Waals surface area contributed by atoms with E-state index in [2.05, 4.69) is 16.0 Å². The zero-order valence-corrected chi connectivity index (χ0v) is 38.8. The molecule has 3 rings (SSSR count). The normalized spacial score (nSPS) is 18.9. The summed E-state index contributed by atoms with van der Waals surface area (Å²) in [6.07, 6.45) is 2.27. The lowest BCUT2D eigenvalue weighted by molar-refractivity contribution is -0.166. The maximum Gasteiger partial charge on any atom is 0.332 e. The number of ether oxygens (including phenoxy) is 4. The van der Waals surface area contributed by atoms with Crippen LogP contribution in [-0.4, -0.2) is 129 Å². The molecule has 0 aliphatic carbocycles. The molecule has 0 radical (unpaired) electrons. The Hall–Kier alpha value is -5.41. The van der Waals surface area contributed by atoms with Crippen molar-refractivity contribution < 1.29 is 62.7 Å². The van der Waals surface area contributed by atoms with E-state index in [1.807, 2.05) is 34.6 Å². The Bertz CT molecular complexity index is 1890. The number of aliphatic hydroxyl groups is 1. The number of aryl methyl sites for hydroxylation is 1. The maximum absolute atomic E-state index is 13.9. The molecule has 1 aromatic carbocycles. The smallest absolute Gasteiger partial charge is 0.332 e. The first-order chi connectivity index (χ1) is 30.4. The van der Waals surface area contributed by atoms with E-state index in [0.717, 1.165) is 17.1 Å². The van der Waals surface area contributed by atoms with Crippen molar-refractivity contribution in [1.29, 1.82) is 0 Å². The fourth-order valence-electron chi connectivity index (χ4n) is 6.93. The fraction of sp³-hybridized carbons (Fsp3) is 0.622. The van der Waals surface area contributed by atoms with Gasteiger partial charge in [-0.05, 0) is 89.5 Å². The molecule has 5 unspecified atom stereocenters. The number of nitrogens with one attached hydrogen (secondary N) is 3. The van der Waals surface area contributed by atoms with Gasteiger partial charge >= 0.3 is 11.9 Å². The van der Waals surface area contributed by atoms with E-state index in [1.54, 1.807) is 39.0 Å². The molecular formula is C45H69N7O13. The molecular weight excluding hydrogens is 847 g/mol. The predicted molar refractivity (Wildman–Crippen MR) is 238 cm³/mol. The highest BCUT2D eigenvalue weighted by Gasteiger charge is 2.38. The van der Waals surface area contributed by atoms with Crippen molar-refractivity contribution in [3.63, 3.8) is 0 Å². The number of amides is 5. The molecule has 1 saturated heterocycles. The average molecular weight is 916 g/mol. The fourth-order valence-corrected chi connectivity index (χ4v) is 6.93. The molecule has 65 heavy (non-hydrogen) atoms. The van der Waals surface area contributed by atoms with Crippen LogP contribution in [-0.2, 0) is 65.5 Å². The minimum absolute atomic E-state index is 0.0156. The van der Waals surface area contributed by atoms with Gasteiger partial charge in [0, 0.05) is 55.6 Å². The van der Waals surface area contributed by atoms with Crippen LogP contribution in [0.1, 0.15) is 105 Å². The molecule has 2 aliphatic heterocycles. The Morgan fingerprint density at radius 1 is 1.00 bits per heavy atom. The van der Waals surface area contributed by atoms with Crippen molar-refractivity contribution in [2.24, 2.45) is 17.5 Å². The monoisotopic (exact) mass is 915 g/mol. The highest BCUT2D eigenvalue weighted by molar-refractivity contribution is 6.15. The van der Waals surface area contributed by atoms with Crippen LogP contribution >= 0.6 is 0 Å². The van der Waals surface area contributed by atoms with Crippen molar-refractivity contribution >= 4 is 47.2 Å². The number of esters is 1. The number of carbonyl (C=O) groups excluding carboxylic acids is 6. The first-order valence-electron chi connectivity index (χ1n) is 21.9. The average Bonchev–Trinajstić information content (AvgIpc) is 3.54. The van der Waals surface area contributed by atoms with E-state index in [9.17, 15) is 43.8 Å². The molecule has 0 aromatic heterocycles. The number of aliphatic hydroxyl groups excluding tert-OH is 1. The zero-order valence-electron chi connectivity index (χ0n) is 38.8. The topological polar surface area (TPSA) is 291 Å². The van der Waals surface area contributed by atoms with Crippen LogP contribution in [0, 0.1) is 5.92 Å². The third-order valence-electron chi connectivity index (χ3n) is 10.5. The zero-order chi connectivity index (χ0) is 48.6. The Labute approximate surface area is 380 Å². The van der Waals surface area contributed by atoms with E-state index in [1.165, 1.54) is 11.2 Å². The number of anilines is 1. The van der Waals surface area contributed by atoms with Gasteiger partial charge in [-0.2, -0.15) is 0 Å². The number of nitrogens with two attached hydrogens (primary N) is 2. The minimum Gasteiger partial charge on any atom is -0.479 e. The lowest BCUT2D eigenvalue weighted by atomic mass is 9.94. The van der Waals surface area contributed by atoms with Crippen molar-refractivity contribution in [3.8, 4) is 0 Å². The Morgan fingerprint density at radius 3 is 2.29 bits per heavy atom. The quantitative estimate of drug-likeness (QED) is 0.0319. The molecule has 20 heteroatoms. The molecule has 9 N–H and O–H groups in total. The van der Waals surface area contributed by atoms with Gasteiger partial charge in [-0.3, -0.25) is 33.7 Å². The molecule has 0 saturated carbocycles. The number of hydrogen-bond acceptors (Lipinski definition) is 15. The Kier molecular flexibility index (Phi) is 20.5. The molecule has 5 amide bonds. The summed E-state index contributed by atoms with van der Waals surface area (Å²) in [4.78, 5) is 90.3. The summed E-state index contributed by atoms with van der Waals surface area (Å²) in [5, 5.41) is 28.8. The molecule has 1 fully saturated rings. The summed E-state index contributed by atoms with van der Waals surface area (Å²) in [7, 11) is 0. The lowest BCUT2D eigenvalue weighted by Crippen LogP contribution is -2.57. The number of carbonyl (C=O) groups is 7. The van der Waals surface area contributed by atoms with Gasteiger partial charge in [0.05, 0.1) is 43.1 Å². The first-order valence-corrected chi connectivity index (χ1v) is 21.9. The highest BCUT2D eigenvalue weighted by Crippen LogP contribution is 2.26. The second-order valence-electron chi connectivity index (χ2n) is 18.1. The summed E-state index contributed by atoms with van der Waals surface area (Å²) < 4.78 is 22.8. The summed E-state index contributed by atoms with van der Waals surface area (Å²) >= 11 is 0. The maximum atomic E-state index is 13.9. The van der Waals surface area contributed by atoms with Crippen LogP contribution in [0.25, 0.3) is 0 Å². The molecule has 20 nitrogen and oxygen atoms in total. The standard InChI is InChI=1S/C45H69N7O13/c1-9-39(57)62-26-29-10-12-31(20-28(29)11-13-33-22-32(53)23-35(65-33)43(60)61)49-36(54)24-48-42(59)40(27(2)3)50-41(58)34(52-37(55)14-15-38(52)56)21-30(46)25-51(47)17-19-64-45(7,8)16-18-63-44(4,5)6/h10,12,14-15,20,25,27,32-35,40,53H,9,11,13,16-19,21-24,26,46-47H2,1-8H3,(H,48,59)(H,49,54)(H,50,58)(H,60,61)/b30-25-. The van der Waals surface area contributed by atoms with Gasteiger partial charge in [0.1, 0.15) is 18.7 Å². The van der Waals surface area contributed by atoms with Crippen LogP contribution in [0.3, 0.4) is 0 Å². The lowest BCUT2D eigenvalue weighted by Gasteiger charge is -2.31. The van der Waals surface area contributed by atoms with E-state index < -0.39 is 89.9 Å². The third kappa shape index (κ3) is 18.5. The van der Waals surface area contributed by atoms with Gasteiger partial charge in [0.25, 0.3) is 11.8 Å². The molecule has 2 aliphatic rings. The number of nitrogens with zero attached hydrogens (tertiary/aromatic N) is 2. The summed E-state index contributed by atoms with van der Waals surface area (Å²) in [5.74, 6) is 0.410. The highest BCUT2D eigenvalue weighted by atomic mass is 16.5. The van der Waals surface area contributed by atoms with E-state index in [0.29, 0.717) is 42.7 Å².